The lowest BCUT2D eigenvalue weighted by atomic mass is 10.0. The fourth-order valence-corrected chi connectivity index (χ4v) is 4.60. The molecule has 38 heavy (non-hydrogen) atoms. The zero-order chi connectivity index (χ0) is 27.0. The number of fused-ring (bicyclic) bond motifs is 1. The van der Waals surface area contributed by atoms with Gasteiger partial charge in [0.15, 0.2) is 0 Å². The van der Waals surface area contributed by atoms with E-state index in [9.17, 15) is 9.59 Å². The van der Waals surface area contributed by atoms with Crippen LogP contribution in [0.2, 0.25) is 0 Å². The molecule has 0 aliphatic carbocycles. The molecule has 202 valence electrons. The van der Waals surface area contributed by atoms with Crippen LogP contribution in [0.5, 0.6) is 5.75 Å². The van der Waals surface area contributed by atoms with Crippen LogP contribution in [0, 0.1) is 6.92 Å². The molecule has 0 saturated heterocycles. The van der Waals surface area contributed by atoms with Gasteiger partial charge in [0.1, 0.15) is 5.75 Å². The Hall–Kier alpha value is -3.47. The number of aryl methyl sites for hydroxylation is 1. The van der Waals surface area contributed by atoms with E-state index in [1.54, 1.807) is 24.4 Å². The molecule has 1 amide bonds. The number of unbranched alkanes of at least 4 members (excludes halogenated alkanes) is 10. The van der Waals surface area contributed by atoms with Crippen molar-refractivity contribution in [2.24, 2.45) is 5.10 Å². The molecule has 0 radical (unpaired) electrons. The second kappa shape index (κ2) is 16.4. The molecule has 0 atom stereocenters. The smallest absolute Gasteiger partial charge is 0.343 e. The highest BCUT2D eigenvalue weighted by molar-refractivity contribution is 6.04. The van der Waals surface area contributed by atoms with E-state index in [-0.39, 0.29) is 5.91 Å². The third-order valence-electron chi connectivity index (χ3n) is 6.78. The zero-order valence-electron chi connectivity index (χ0n) is 23.0. The van der Waals surface area contributed by atoms with Crippen LogP contribution in [0.3, 0.4) is 0 Å². The average Bonchev–Trinajstić information content (AvgIpc) is 2.92. The van der Waals surface area contributed by atoms with Gasteiger partial charge in [-0.1, -0.05) is 119 Å². The molecule has 0 heterocycles. The second-order valence-corrected chi connectivity index (χ2v) is 10.0. The molecule has 0 aromatic heterocycles. The van der Waals surface area contributed by atoms with E-state index in [4.69, 9.17) is 4.74 Å². The van der Waals surface area contributed by atoms with Crippen LogP contribution in [0.25, 0.3) is 10.8 Å². The van der Waals surface area contributed by atoms with Gasteiger partial charge in [-0.05, 0) is 42.3 Å². The molecule has 0 aliphatic heterocycles. The summed E-state index contributed by atoms with van der Waals surface area (Å²) < 4.78 is 5.75. The van der Waals surface area contributed by atoms with Gasteiger partial charge in [0.05, 0.1) is 11.8 Å². The zero-order valence-corrected chi connectivity index (χ0v) is 23.0. The van der Waals surface area contributed by atoms with Crippen molar-refractivity contribution in [2.75, 3.05) is 0 Å². The highest BCUT2D eigenvalue weighted by Crippen LogP contribution is 2.27. The average molecular weight is 515 g/mol. The Morgan fingerprint density at radius 3 is 2.21 bits per heavy atom. The molecule has 3 aromatic rings. The topological polar surface area (TPSA) is 67.8 Å². The summed E-state index contributed by atoms with van der Waals surface area (Å²) in [5, 5.41) is 6.09. The molecule has 0 saturated carbocycles. The first kappa shape index (κ1) is 29.1. The lowest BCUT2D eigenvalue weighted by Crippen LogP contribution is -2.17. The number of carbonyl (C=O) groups excluding carboxylic acids is 2. The summed E-state index contributed by atoms with van der Waals surface area (Å²) in [6, 6.07) is 18.8. The van der Waals surface area contributed by atoms with Crippen LogP contribution in [0.15, 0.2) is 65.8 Å². The molecule has 0 bridgehead atoms. The fourth-order valence-electron chi connectivity index (χ4n) is 4.60. The number of hydrogen-bond acceptors (Lipinski definition) is 4. The van der Waals surface area contributed by atoms with Crippen molar-refractivity contribution < 1.29 is 14.3 Å². The molecule has 0 unspecified atom stereocenters. The van der Waals surface area contributed by atoms with Gasteiger partial charge < -0.3 is 4.74 Å². The molecular weight excluding hydrogens is 472 g/mol. The standard InChI is InChI=1S/C33H42N2O3/c1-3-4-5-6-7-8-9-10-11-12-13-21-32(36)35-34-25-30-29-20-15-14-18-27(29)22-23-31(30)38-33(37)28-19-16-17-26(2)24-28/h14-20,22-25H,3-13,21H2,1-2H3,(H,35,36)/b34-25+. The van der Waals surface area contributed by atoms with Crippen molar-refractivity contribution >= 4 is 28.9 Å². The van der Waals surface area contributed by atoms with Crippen LogP contribution in [0.4, 0.5) is 0 Å². The summed E-state index contributed by atoms with van der Waals surface area (Å²) in [7, 11) is 0. The number of nitrogens with zero attached hydrogens (tertiary/aromatic N) is 1. The van der Waals surface area contributed by atoms with E-state index in [0.29, 0.717) is 23.3 Å². The molecule has 3 aromatic carbocycles. The normalized spacial score (nSPS) is 11.2. The van der Waals surface area contributed by atoms with E-state index in [1.807, 2.05) is 49.4 Å². The number of esters is 1. The Morgan fingerprint density at radius 2 is 1.50 bits per heavy atom. The van der Waals surface area contributed by atoms with Crippen LogP contribution >= 0.6 is 0 Å². The van der Waals surface area contributed by atoms with Gasteiger partial charge in [0.2, 0.25) is 5.91 Å². The maximum atomic E-state index is 12.8. The summed E-state index contributed by atoms with van der Waals surface area (Å²) >= 11 is 0. The second-order valence-electron chi connectivity index (χ2n) is 10.0. The highest BCUT2D eigenvalue weighted by Gasteiger charge is 2.14. The summed E-state index contributed by atoms with van der Waals surface area (Å²) in [4.78, 5) is 25.1. The van der Waals surface area contributed by atoms with Crippen molar-refractivity contribution in [2.45, 2.75) is 90.9 Å². The fraction of sp³-hybridized carbons (Fsp3) is 0.424. The molecule has 0 spiro atoms. The Morgan fingerprint density at radius 1 is 0.816 bits per heavy atom. The minimum atomic E-state index is -0.431. The summed E-state index contributed by atoms with van der Waals surface area (Å²) in [5.74, 6) is -0.131. The van der Waals surface area contributed by atoms with Gasteiger partial charge in [-0.3, -0.25) is 4.79 Å². The van der Waals surface area contributed by atoms with Gasteiger partial charge in [0, 0.05) is 12.0 Å². The quantitative estimate of drug-likeness (QED) is 0.0685. The number of amides is 1. The van der Waals surface area contributed by atoms with Gasteiger partial charge in [-0.25, -0.2) is 10.2 Å². The Kier molecular flexibility index (Phi) is 12.5. The van der Waals surface area contributed by atoms with Gasteiger partial charge in [-0.15, -0.1) is 0 Å². The molecule has 5 nitrogen and oxygen atoms in total. The predicted octanol–water partition coefficient (Wildman–Crippen LogP) is 8.52. The summed E-state index contributed by atoms with van der Waals surface area (Å²) in [5.41, 5.74) is 4.77. The third-order valence-corrected chi connectivity index (χ3v) is 6.78. The van der Waals surface area contributed by atoms with Crippen LogP contribution < -0.4 is 10.2 Å². The van der Waals surface area contributed by atoms with Gasteiger partial charge >= 0.3 is 5.97 Å². The molecular formula is C33H42N2O3. The number of hydrazone groups is 1. The largest absolute Gasteiger partial charge is 0.422 e. The maximum Gasteiger partial charge on any atom is 0.343 e. The van der Waals surface area contributed by atoms with E-state index in [0.717, 1.165) is 29.2 Å². The summed E-state index contributed by atoms with van der Waals surface area (Å²) in [6.07, 6.45) is 15.8. The number of benzene rings is 3. The maximum absolute atomic E-state index is 12.8. The number of carbonyl (C=O) groups is 2. The third kappa shape index (κ3) is 9.77. The van der Waals surface area contributed by atoms with E-state index in [1.165, 1.54) is 57.8 Å². The first-order valence-corrected chi connectivity index (χ1v) is 14.2. The minimum Gasteiger partial charge on any atom is -0.422 e. The van der Waals surface area contributed by atoms with E-state index in [2.05, 4.69) is 17.5 Å². The Bertz CT molecular complexity index is 1200. The lowest BCUT2D eigenvalue weighted by Gasteiger charge is -2.11. The predicted molar refractivity (Wildman–Crippen MR) is 157 cm³/mol. The molecule has 5 heteroatoms. The Labute approximate surface area is 227 Å². The van der Waals surface area contributed by atoms with Gasteiger partial charge in [-0.2, -0.15) is 5.10 Å². The Balaban J connectivity index is 1.48. The van der Waals surface area contributed by atoms with Crippen molar-refractivity contribution in [3.05, 3.63) is 77.4 Å². The number of hydrogen-bond donors (Lipinski definition) is 1. The van der Waals surface area contributed by atoms with Gasteiger partial charge in [0.25, 0.3) is 0 Å². The van der Waals surface area contributed by atoms with Crippen molar-refractivity contribution in [1.29, 1.82) is 0 Å². The monoisotopic (exact) mass is 514 g/mol. The lowest BCUT2D eigenvalue weighted by molar-refractivity contribution is -0.121. The van der Waals surface area contributed by atoms with E-state index < -0.39 is 5.97 Å². The number of ether oxygens (including phenoxy) is 1. The number of rotatable bonds is 16. The molecule has 1 N–H and O–H groups in total. The van der Waals surface area contributed by atoms with Crippen LogP contribution in [-0.4, -0.2) is 18.1 Å². The molecule has 3 rings (SSSR count). The highest BCUT2D eigenvalue weighted by atomic mass is 16.5. The number of nitrogens with one attached hydrogen (secondary N) is 1. The first-order valence-electron chi connectivity index (χ1n) is 14.2. The van der Waals surface area contributed by atoms with Crippen LogP contribution in [-0.2, 0) is 4.79 Å². The van der Waals surface area contributed by atoms with Crippen molar-refractivity contribution in [1.82, 2.24) is 5.43 Å². The van der Waals surface area contributed by atoms with Crippen molar-refractivity contribution in [3.63, 3.8) is 0 Å². The minimum absolute atomic E-state index is 0.101. The van der Waals surface area contributed by atoms with Crippen LogP contribution in [0.1, 0.15) is 105 Å². The first-order chi connectivity index (χ1) is 18.6. The summed E-state index contributed by atoms with van der Waals surface area (Å²) in [6.45, 7) is 4.19. The van der Waals surface area contributed by atoms with Crippen molar-refractivity contribution in [3.8, 4) is 5.75 Å². The molecule has 0 aliphatic rings. The van der Waals surface area contributed by atoms with E-state index >= 15 is 0 Å². The SMILES string of the molecule is CCCCCCCCCCCCCC(=O)N/N=C/c1c(OC(=O)c2cccc(C)c2)ccc2ccccc12. The molecule has 0 fully saturated rings.